The molecule has 0 aromatic heterocycles. The first kappa shape index (κ1) is 55.4. The number of carbonyl (C=O) groups is 3. The van der Waals surface area contributed by atoms with Gasteiger partial charge < -0.3 is 19.7 Å². The highest BCUT2D eigenvalue weighted by molar-refractivity contribution is 5.77. The van der Waals surface area contributed by atoms with E-state index in [0.717, 1.165) is 57.9 Å². The van der Waals surface area contributed by atoms with Crippen molar-refractivity contribution in [2.24, 2.45) is 11.8 Å². The maximum absolute atomic E-state index is 13.5. The second kappa shape index (κ2) is 42.5. The molecule has 0 saturated heterocycles. The minimum Gasteiger partial charge on any atom is -0.464 e. The van der Waals surface area contributed by atoms with Crippen LogP contribution in [0.1, 0.15) is 253 Å². The molecule has 7 nitrogen and oxygen atoms in total. The van der Waals surface area contributed by atoms with Crippen LogP contribution in [-0.4, -0.2) is 61.6 Å². The van der Waals surface area contributed by atoms with E-state index in [2.05, 4.69) is 33.0 Å². The molecule has 0 aliphatic carbocycles. The van der Waals surface area contributed by atoms with Gasteiger partial charge in [-0.1, -0.05) is 214 Å². The molecule has 0 spiro atoms. The van der Waals surface area contributed by atoms with Gasteiger partial charge in [0.05, 0.1) is 24.9 Å². The van der Waals surface area contributed by atoms with Crippen molar-refractivity contribution in [1.29, 1.82) is 0 Å². The van der Waals surface area contributed by atoms with Crippen LogP contribution in [0.25, 0.3) is 0 Å². The van der Waals surface area contributed by atoms with Gasteiger partial charge in [-0.2, -0.15) is 0 Å². The molecule has 0 rings (SSSR count). The third-order valence-electron chi connectivity index (χ3n) is 11.9. The third-order valence-corrected chi connectivity index (χ3v) is 11.9. The lowest BCUT2D eigenvalue weighted by Crippen LogP contribution is -2.41. The summed E-state index contributed by atoms with van der Waals surface area (Å²) in [6.07, 6.45) is 38.5. The molecule has 0 saturated carbocycles. The maximum Gasteiger partial charge on any atom is 0.308 e. The molecule has 1 amide bonds. The Morgan fingerprint density at radius 1 is 0.439 bits per heavy atom. The Morgan fingerprint density at radius 3 is 1.00 bits per heavy atom. The molecule has 0 heterocycles. The summed E-state index contributed by atoms with van der Waals surface area (Å²) in [6, 6.07) is 0.0387. The van der Waals surface area contributed by atoms with Gasteiger partial charge in [0.1, 0.15) is 13.2 Å². The van der Waals surface area contributed by atoms with Crippen LogP contribution in [0.15, 0.2) is 0 Å². The summed E-state index contributed by atoms with van der Waals surface area (Å²) < 4.78 is 11.9. The predicted octanol–water partition coefficient (Wildman–Crippen LogP) is 14.1. The van der Waals surface area contributed by atoms with Crippen LogP contribution in [-0.2, 0) is 23.9 Å². The quantitative estimate of drug-likeness (QED) is 0.0487. The van der Waals surface area contributed by atoms with Gasteiger partial charge in [0.25, 0.3) is 0 Å². The summed E-state index contributed by atoms with van der Waals surface area (Å²) in [7, 11) is 0. The van der Waals surface area contributed by atoms with Gasteiger partial charge in [-0.05, 0) is 39.2 Å². The number of nitrogens with zero attached hydrogens (tertiary/aromatic N) is 1. The van der Waals surface area contributed by atoms with Crippen molar-refractivity contribution >= 4 is 17.8 Å². The van der Waals surface area contributed by atoms with Gasteiger partial charge in [0, 0.05) is 12.5 Å². The van der Waals surface area contributed by atoms with Crippen LogP contribution in [0.3, 0.4) is 0 Å². The lowest BCUT2D eigenvalue weighted by Gasteiger charge is -2.25. The van der Waals surface area contributed by atoms with Gasteiger partial charge in [-0.15, -0.1) is 0 Å². The Morgan fingerprint density at radius 2 is 0.719 bits per heavy atom. The summed E-state index contributed by atoms with van der Waals surface area (Å²) in [5.41, 5.74) is 0. The average Bonchev–Trinajstić information content (AvgIpc) is 3.20. The fourth-order valence-electron chi connectivity index (χ4n) is 8.07. The Bertz CT molecular complexity index is 804. The number of carbonyl (C=O) groups excluding carboxylic acids is 3. The molecular weight excluding hydrogens is 709 g/mol. The average molecular weight is 807 g/mol. The molecule has 0 radical (unpaired) electrons. The minimum atomic E-state index is -0.106. The number of rotatable bonds is 44. The minimum absolute atomic E-state index is 0.000870. The number of amides is 1. The van der Waals surface area contributed by atoms with Crippen molar-refractivity contribution in [2.75, 3.05) is 32.8 Å². The van der Waals surface area contributed by atoms with Crippen molar-refractivity contribution < 1.29 is 23.9 Å². The predicted molar refractivity (Wildman–Crippen MR) is 244 cm³/mol. The smallest absolute Gasteiger partial charge is 0.308 e. The molecule has 1 unspecified atom stereocenters. The van der Waals surface area contributed by atoms with Crippen LogP contribution in [0.5, 0.6) is 0 Å². The van der Waals surface area contributed by atoms with E-state index in [9.17, 15) is 14.4 Å². The zero-order chi connectivity index (χ0) is 42.0. The van der Waals surface area contributed by atoms with E-state index in [1.54, 1.807) is 4.90 Å². The first-order valence-electron chi connectivity index (χ1n) is 25.2. The van der Waals surface area contributed by atoms with Crippen LogP contribution in [0.4, 0.5) is 0 Å². The molecule has 0 aliphatic rings. The Kier molecular flexibility index (Phi) is 41.3. The van der Waals surface area contributed by atoms with Crippen molar-refractivity contribution in [3.8, 4) is 0 Å². The topological polar surface area (TPSA) is 84.9 Å². The fourth-order valence-corrected chi connectivity index (χ4v) is 8.07. The number of nitrogens with one attached hydrogen (secondary N) is 1. The van der Waals surface area contributed by atoms with Crippen LogP contribution >= 0.6 is 0 Å². The SMILES string of the molecule is CCCCCCCCCC(CCCCCCCCC)C(=O)OCCN(CCOC(=O)C(CCCCCCCCC)CCCCCCCCC)C(=O)CC(C)NCC. The monoisotopic (exact) mass is 807 g/mol. The third kappa shape index (κ3) is 34.9. The molecule has 0 bridgehead atoms. The highest BCUT2D eigenvalue weighted by atomic mass is 16.5. The summed E-state index contributed by atoms with van der Waals surface area (Å²) >= 11 is 0. The van der Waals surface area contributed by atoms with Crippen molar-refractivity contribution in [3.05, 3.63) is 0 Å². The summed E-state index contributed by atoms with van der Waals surface area (Å²) in [6.45, 7) is 14.9. The van der Waals surface area contributed by atoms with Gasteiger partial charge in [0.15, 0.2) is 0 Å². The molecule has 1 N–H and O–H groups in total. The van der Waals surface area contributed by atoms with Crippen molar-refractivity contribution in [1.82, 2.24) is 10.2 Å². The van der Waals surface area contributed by atoms with Gasteiger partial charge in [0.2, 0.25) is 5.91 Å². The first-order chi connectivity index (χ1) is 27.8. The van der Waals surface area contributed by atoms with Gasteiger partial charge in [-0.3, -0.25) is 14.4 Å². The van der Waals surface area contributed by atoms with E-state index in [1.807, 2.05) is 13.8 Å². The highest BCUT2D eigenvalue weighted by Crippen LogP contribution is 2.23. The molecule has 7 heteroatoms. The summed E-state index contributed by atoms with van der Waals surface area (Å²) in [5.74, 6) is -0.351. The molecule has 338 valence electrons. The molecule has 0 aromatic carbocycles. The second-order valence-electron chi connectivity index (χ2n) is 17.4. The lowest BCUT2D eigenvalue weighted by molar-refractivity contribution is -0.152. The molecule has 0 aliphatic heterocycles. The maximum atomic E-state index is 13.5. The first-order valence-corrected chi connectivity index (χ1v) is 25.2. The second-order valence-corrected chi connectivity index (χ2v) is 17.4. The molecule has 1 atom stereocenters. The molecule has 57 heavy (non-hydrogen) atoms. The Hall–Kier alpha value is -1.63. The number of esters is 2. The normalized spacial score (nSPS) is 12.1. The summed E-state index contributed by atoms with van der Waals surface area (Å²) in [5, 5.41) is 3.35. The number of hydrogen-bond donors (Lipinski definition) is 1. The van der Waals surface area contributed by atoms with Gasteiger partial charge >= 0.3 is 11.9 Å². The largest absolute Gasteiger partial charge is 0.464 e. The standard InChI is InChI=1S/C50H98N2O5/c1-7-12-16-20-24-28-32-36-46(37-33-29-25-21-17-13-8-2)49(54)56-42-40-52(48(53)44-45(6)51-11-5)41-43-57-50(55)47(38-34-30-26-22-18-14-9-3)39-35-31-27-23-19-15-10-4/h45-47,51H,7-44H2,1-6H3. The molecular formula is C50H98N2O5. The van der Waals surface area contributed by atoms with E-state index in [4.69, 9.17) is 9.47 Å². The van der Waals surface area contributed by atoms with E-state index in [1.165, 1.54) is 154 Å². The number of unbranched alkanes of at least 4 members (excludes halogenated alkanes) is 24. The van der Waals surface area contributed by atoms with Crippen LogP contribution in [0.2, 0.25) is 0 Å². The van der Waals surface area contributed by atoms with E-state index in [0.29, 0.717) is 19.5 Å². The van der Waals surface area contributed by atoms with E-state index in [-0.39, 0.29) is 48.9 Å². The zero-order valence-corrected chi connectivity index (χ0v) is 39.1. The summed E-state index contributed by atoms with van der Waals surface area (Å²) in [4.78, 5) is 42.3. The lowest BCUT2D eigenvalue weighted by atomic mass is 9.94. The van der Waals surface area contributed by atoms with Crippen LogP contribution in [0, 0.1) is 11.8 Å². The van der Waals surface area contributed by atoms with Crippen molar-refractivity contribution in [2.45, 2.75) is 259 Å². The van der Waals surface area contributed by atoms with Crippen LogP contribution < -0.4 is 5.32 Å². The fraction of sp³-hybridized carbons (Fsp3) is 0.940. The molecule has 0 fully saturated rings. The Balaban J connectivity index is 5.30. The van der Waals surface area contributed by atoms with Crippen molar-refractivity contribution in [3.63, 3.8) is 0 Å². The Labute approximate surface area is 355 Å². The van der Waals surface area contributed by atoms with E-state index < -0.39 is 0 Å². The van der Waals surface area contributed by atoms with Gasteiger partial charge in [-0.25, -0.2) is 0 Å². The van der Waals surface area contributed by atoms with E-state index >= 15 is 0 Å². The number of ether oxygens (including phenoxy) is 2. The number of hydrogen-bond acceptors (Lipinski definition) is 6. The molecule has 0 aromatic rings. The zero-order valence-electron chi connectivity index (χ0n) is 39.1. The highest BCUT2D eigenvalue weighted by Gasteiger charge is 2.23.